The number of ether oxygens (including phenoxy) is 1. The van der Waals surface area contributed by atoms with Crippen LogP contribution in [0, 0.1) is 6.92 Å². The molecule has 2 amide bonds. The molecule has 1 heterocycles. The Morgan fingerprint density at radius 1 is 1.19 bits per heavy atom. The van der Waals surface area contributed by atoms with Crippen molar-refractivity contribution in [1.82, 2.24) is 9.97 Å². The van der Waals surface area contributed by atoms with Crippen molar-refractivity contribution >= 4 is 29.3 Å². The van der Waals surface area contributed by atoms with Gasteiger partial charge in [0.2, 0.25) is 5.91 Å². The number of amides is 2. The minimum atomic E-state index is -0.649. The molecule has 2 aromatic carbocycles. The van der Waals surface area contributed by atoms with Gasteiger partial charge in [0.25, 0.3) is 11.5 Å². The number of para-hydroxylation sites is 1. The lowest BCUT2D eigenvalue weighted by Gasteiger charge is -2.10. The standard InChI is InChI=1S/C22H22N4O4S/c1-13-17(11-19(27)25-18-9-4-3-8-16(18)20(23)28)21(29)26-22(24-13)31-12-14-6-5-7-15(10-14)30-2/h3-10H,11-12H2,1-2H3,(H2,23,28)(H,25,27)(H,24,26,29). The summed E-state index contributed by atoms with van der Waals surface area (Å²) < 4.78 is 5.21. The monoisotopic (exact) mass is 438 g/mol. The van der Waals surface area contributed by atoms with Gasteiger partial charge in [-0.15, -0.1) is 0 Å². The Morgan fingerprint density at radius 2 is 1.97 bits per heavy atom. The van der Waals surface area contributed by atoms with Crippen molar-refractivity contribution in [3.8, 4) is 5.75 Å². The van der Waals surface area contributed by atoms with E-state index >= 15 is 0 Å². The third-order valence-electron chi connectivity index (χ3n) is 4.51. The zero-order chi connectivity index (χ0) is 22.4. The summed E-state index contributed by atoms with van der Waals surface area (Å²) in [6, 6.07) is 14.1. The van der Waals surface area contributed by atoms with E-state index < -0.39 is 11.8 Å². The highest BCUT2D eigenvalue weighted by Crippen LogP contribution is 2.22. The number of aromatic amines is 1. The molecule has 31 heavy (non-hydrogen) atoms. The topological polar surface area (TPSA) is 127 Å². The van der Waals surface area contributed by atoms with Crippen molar-refractivity contribution in [2.45, 2.75) is 24.3 Å². The molecule has 4 N–H and O–H groups in total. The van der Waals surface area contributed by atoms with E-state index in [1.54, 1.807) is 32.2 Å². The van der Waals surface area contributed by atoms with Crippen LogP contribution < -0.4 is 21.3 Å². The Bertz CT molecular complexity index is 1180. The number of nitrogens with one attached hydrogen (secondary N) is 2. The van der Waals surface area contributed by atoms with Gasteiger partial charge in [-0.3, -0.25) is 14.4 Å². The summed E-state index contributed by atoms with van der Waals surface area (Å²) >= 11 is 1.38. The van der Waals surface area contributed by atoms with Crippen LogP contribution >= 0.6 is 11.8 Å². The Hall–Kier alpha value is -3.59. The Labute approximate surface area is 183 Å². The van der Waals surface area contributed by atoms with E-state index in [4.69, 9.17) is 10.5 Å². The number of rotatable bonds is 8. The fourth-order valence-corrected chi connectivity index (χ4v) is 3.79. The maximum Gasteiger partial charge on any atom is 0.255 e. The lowest BCUT2D eigenvalue weighted by Crippen LogP contribution is -2.25. The van der Waals surface area contributed by atoms with Crippen LogP contribution in [0.1, 0.15) is 27.2 Å². The van der Waals surface area contributed by atoms with Gasteiger partial charge in [0, 0.05) is 17.0 Å². The zero-order valence-corrected chi connectivity index (χ0v) is 17.9. The van der Waals surface area contributed by atoms with E-state index in [1.807, 2.05) is 24.3 Å². The number of aromatic nitrogens is 2. The molecule has 8 nitrogen and oxygen atoms in total. The number of nitrogens with two attached hydrogens (primary N) is 1. The molecule has 0 fully saturated rings. The second-order valence-corrected chi connectivity index (χ2v) is 7.67. The summed E-state index contributed by atoms with van der Waals surface area (Å²) in [5.41, 5.74) is 7.21. The van der Waals surface area contributed by atoms with Crippen LogP contribution in [0.25, 0.3) is 0 Å². The number of carbonyl (C=O) groups excluding carboxylic acids is 2. The van der Waals surface area contributed by atoms with Gasteiger partial charge >= 0.3 is 0 Å². The number of hydrogen-bond donors (Lipinski definition) is 3. The van der Waals surface area contributed by atoms with Gasteiger partial charge in [0.15, 0.2) is 5.16 Å². The maximum atomic E-state index is 12.6. The van der Waals surface area contributed by atoms with Gasteiger partial charge in [-0.05, 0) is 36.8 Å². The summed E-state index contributed by atoms with van der Waals surface area (Å²) in [5.74, 6) is 0.267. The van der Waals surface area contributed by atoms with E-state index in [-0.39, 0.29) is 23.1 Å². The number of methoxy groups -OCH3 is 1. The number of primary amides is 1. The van der Waals surface area contributed by atoms with Gasteiger partial charge < -0.3 is 20.8 Å². The molecule has 160 valence electrons. The smallest absolute Gasteiger partial charge is 0.255 e. The van der Waals surface area contributed by atoms with Crippen LogP contribution in [-0.2, 0) is 17.0 Å². The summed E-state index contributed by atoms with van der Waals surface area (Å²) in [6.45, 7) is 1.69. The molecule has 3 aromatic rings. The van der Waals surface area contributed by atoms with Gasteiger partial charge in [0.05, 0.1) is 24.8 Å². The van der Waals surface area contributed by atoms with Crippen LogP contribution in [0.2, 0.25) is 0 Å². The highest BCUT2D eigenvalue weighted by Gasteiger charge is 2.15. The molecule has 0 radical (unpaired) electrons. The lowest BCUT2D eigenvalue weighted by molar-refractivity contribution is -0.115. The molecule has 0 saturated heterocycles. The van der Waals surface area contributed by atoms with E-state index in [1.165, 1.54) is 17.8 Å². The van der Waals surface area contributed by atoms with Gasteiger partial charge in [-0.2, -0.15) is 0 Å². The van der Waals surface area contributed by atoms with Crippen molar-refractivity contribution in [1.29, 1.82) is 0 Å². The average Bonchev–Trinajstić information content (AvgIpc) is 2.75. The lowest BCUT2D eigenvalue weighted by atomic mass is 10.1. The number of nitrogens with zero attached hydrogens (tertiary/aromatic N) is 1. The molecular formula is C22H22N4O4S. The normalized spacial score (nSPS) is 10.5. The zero-order valence-electron chi connectivity index (χ0n) is 17.1. The number of aryl methyl sites for hydroxylation is 1. The highest BCUT2D eigenvalue weighted by atomic mass is 32.2. The quantitative estimate of drug-likeness (QED) is 0.367. The van der Waals surface area contributed by atoms with E-state index in [0.717, 1.165) is 11.3 Å². The number of benzene rings is 2. The van der Waals surface area contributed by atoms with Crippen molar-refractivity contribution in [3.05, 3.63) is 81.3 Å². The second kappa shape index (κ2) is 9.94. The molecule has 0 aliphatic rings. The summed E-state index contributed by atoms with van der Waals surface area (Å²) in [7, 11) is 1.61. The van der Waals surface area contributed by atoms with Gasteiger partial charge in [-0.1, -0.05) is 36.0 Å². The first-order valence-electron chi connectivity index (χ1n) is 9.41. The molecule has 0 saturated carbocycles. The van der Waals surface area contributed by atoms with Gasteiger partial charge in [-0.25, -0.2) is 4.98 Å². The van der Waals surface area contributed by atoms with Crippen LogP contribution in [0.4, 0.5) is 5.69 Å². The second-order valence-electron chi connectivity index (χ2n) is 6.71. The Balaban J connectivity index is 1.69. The van der Waals surface area contributed by atoms with E-state index in [0.29, 0.717) is 22.3 Å². The fourth-order valence-electron chi connectivity index (χ4n) is 2.94. The number of carbonyl (C=O) groups is 2. The summed E-state index contributed by atoms with van der Waals surface area (Å²) in [6.07, 6.45) is -0.178. The Morgan fingerprint density at radius 3 is 2.68 bits per heavy atom. The third kappa shape index (κ3) is 5.73. The molecule has 0 bridgehead atoms. The number of anilines is 1. The molecule has 0 aliphatic heterocycles. The van der Waals surface area contributed by atoms with Crippen molar-refractivity contribution < 1.29 is 14.3 Å². The van der Waals surface area contributed by atoms with Crippen molar-refractivity contribution in [3.63, 3.8) is 0 Å². The molecule has 1 aromatic heterocycles. The van der Waals surface area contributed by atoms with Crippen LogP contribution in [0.3, 0.4) is 0 Å². The number of hydrogen-bond acceptors (Lipinski definition) is 6. The molecule has 9 heteroatoms. The maximum absolute atomic E-state index is 12.6. The molecule has 0 unspecified atom stereocenters. The first-order valence-corrected chi connectivity index (χ1v) is 10.4. The first-order chi connectivity index (χ1) is 14.9. The van der Waals surface area contributed by atoms with Crippen molar-refractivity contribution in [2.24, 2.45) is 5.73 Å². The van der Waals surface area contributed by atoms with E-state index in [9.17, 15) is 14.4 Å². The highest BCUT2D eigenvalue weighted by molar-refractivity contribution is 7.98. The van der Waals surface area contributed by atoms with Crippen LogP contribution in [-0.4, -0.2) is 28.9 Å². The van der Waals surface area contributed by atoms with Crippen LogP contribution in [0.15, 0.2) is 58.5 Å². The van der Waals surface area contributed by atoms with Crippen LogP contribution in [0.5, 0.6) is 5.75 Å². The molecule has 0 aliphatic carbocycles. The molecule has 0 spiro atoms. The van der Waals surface area contributed by atoms with Gasteiger partial charge in [0.1, 0.15) is 5.75 Å². The average molecular weight is 439 g/mol. The first kappa shape index (κ1) is 22.1. The molecule has 3 rings (SSSR count). The number of H-pyrrole nitrogens is 1. The predicted octanol–water partition coefficient (Wildman–Crippen LogP) is 2.66. The molecular weight excluding hydrogens is 416 g/mol. The SMILES string of the molecule is COc1cccc(CSc2nc(C)c(CC(=O)Nc3ccccc3C(N)=O)c(=O)[nH]2)c1. The number of thioether (sulfide) groups is 1. The molecule has 0 atom stereocenters. The van der Waals surface area contributed by atoms with Crippen molar-refractivity contribution in [2.75, 3.05) is 12.4 Å². The largest absolute Gasteiger partial charge is 0.497 e. The summed E-state index contributed by atoms with van der Waals surface area (Å²) in [4.78, 5) is 43.7. The fraction of sp³-hybridized carbons (Fsp3) is 0.182. The van der Waals surface area contributed by atoms with E-state index in [2.05, 4.69) is 15.3 Å². The minimum absolute atomic E-state index is 0.178. The minimum Gasteiger partial charge on any atom is -0.497 e. The third-order valence-corrected chi connectivity index (χ3v) is 5.46. The predicted molar refractivity (Wildman–Crippen MR) is 119 cm³/mol. The summed E-state index contributed by atoms with van der Waals surface area (Å²) in [5, 5.41) is 3.10. The Kier molecular flexibility index (Phi) is 7.09.